The largest absolute Gasteiger partial charge is 0.394 e. The fourth-order valence-corrected chi connectivity index (χ4v) is 3.73. The lowest BCUT2D eigenvalue weighted by Gasteiger charge is -2.46. The van der Waals surface area contributed by atoms with Crippen LogP contribution < -0.4 is 0 Å². The van der Waals surface area contributed by atoms with E-state index in [0.29, 0.717) is 0 Å². The number of aliphatic hydroxyl groups is 9. The number of aliphatic hydroxyl groups excluding tert-OH is 9. The van der Waals surface area contributed by atoms with Crippen molar-refractivity contribution in [3.63, 3.8) is 0 Å². The highest BCUT2D eigenvalue weighted by Gasteiger charge is 2.51. The summed E-state index contributed by atoms with van der Waals surface area (Å²) in [4.78, 5) is 0. The molecule has 182 valence electrons. The zero-order chi connectivity index (χ0) is 23.0. The second-order valence-electron chi connectivity index (χ2n) is 7.87. The van der Waals surface area contributed by atoms with E-state index in [4.69, 9.17) is 28.8 Å². The van der Waals surface area contributed by atoms with Crippen molar-refractivity contribution >= 4 is 0 Å². The topological polar surface area (TPSA) is 228 Å². The van der Waals surface area contributed by atoms with Crippen LogP contribution in [0.4, 0.5) is 0 Å². The molecule has 0 aromatic heterocycles. The molecule has 0 spiro atoms. The minimum Gasteiger partial charge on any atom is -0.394 e. The minimum absolute atomic E-state index is 0.330. The molecule has 3 aliphatic rings. The third-order valence-corrected chi connectivity index (χ3v) is 5.66. The van der Waals surface area contributed by atoms with Gasteiger partial charge in [0.1, 0.15) is 61.0 Å². The Balaban J connectivity index is 1.63. The second-order valence-corrected chi connectivity index (χ2v) is 7.87. The van der Waals surface area contributed by atoms with Crippen molar-refractivity contribution in [1.29, 1.82) is 0 Å². The third-order valence-electron chi connectivity index (χ3n) is 5.66. The molecule has 0 radical (unpaired) electrons. The maximum Gasteiger partial charge on any atom is 0.187 e. The molecule has 3 aliphatic heterocycles. The van der Waals surface area contributed by atoms with E-state index in [9.17, 15) is 40.9 Å². The Morgan fingerprint density at radius 2 is 1.29 bits per heavy atom. The summed E-state index contributed by atoms with van der Waals surface area (Å²) in [6.07, 6.45) is -21.0. The molecule has 14 atom stereocenters. The molecule has 0 saturated carbocycles. The van der Waals surface area contributed by atoms with E-state index in [-0.39, 0.29) is 6.61 Å². The van der Waals surface area contributed by atoms with Crippen LogP contribution in [0.3, 0.4) is 0 Å². The lowest BCUT2D eigenvalue weighted by atomic mass is 9.97. The van der Waals surface area contributed by atoms with Crippen molar-refractivity contribution < 1.29 is 69.6 Å². The first kappa shape index (κ1) is 25.1. The molecule has 31 heavy (non-hydrogen) atoms. The molecule has 9 N–H and O–H groups in total. The zero-order valence-electron chi connectivity index (χ0n) is 16.6. The van der Waals surface area contributed by atoms with Gasteiger partial charge in [-0.15, -0.1) is 0 Å². The highest BCUT2D eigenvalue weighted by molar-refractivity contribution is 4.94. The van der Waals surface area contributed by atoms with E-state index in [1.54, 1.807) is 0 Å². The predicted octanol–water partition coefficient (Wildman–Crippen LogP) is -5.91. The van der Waals surface area contributed by atoms with Gasteiger partial charge < -0.3 is 69.6 Å². The van der Waals surface area contributed by atoms with Crippen LogP contribution in [0.25, 0.3) is 0 Å². The van der Waals surface area contributed by atoms with Gasteiger partial charge in [0, 0.05) is 0 Å². The third kappa shape index (κ3) is 5.02. The summed E-state index contributed by atoms with van der Waals surface area (Å²) in [5, 5.41) is 89.3. The SMILES string of the molecule is C[C@H]1O[C@H](O[C@@H]2[C@@H](O)[C@H](O)[C@@H](CO)O[C@H]2O)[C@@H](O)[C@@H](O)[C@@H]1O[C@@H]1OC[C@@H](O)[C@H](O)[C@H]1O. The van der Waals surface area contributed by atoms with Crippen LogP contribution >= 0.6 is 0 Å². The molecule has 3 fully saturated rings. The summed E-state index contributed by atoms with van der Waals surface area (Å²) >= 11 is 0. The molecular formula is C17H30O14. The quantitative estimate of drug-likeness (QED) is 0.187. The van der Waals surface area contributed by atoms with Crippen LogP contribution in [0.15, 0.2) is 0 Å². The van der Waals surface area contributed by atoms with Crippen molar-refractivity contribution in [1.82, 2.24) is 0 Å². The second kappa shape index (κ2) is 10.1. The Morgan fingerprint density at radius 1 is 0.710 bits per heavy atom. The van der Waals surface area contributed by atoms with E-state index >= 15 is 0 Å². The Labute approximate surface area is 176 Å². The molecule has 14 heteroatoms. The van der Waals surface area contributed by atoms with E-state index in [1.165, 1.54) is 6.92 Å². The maximum atomic E-state index is 10.5. The van der Waals surface area contributed by atoms with Crippen LogP contribution in [0.2, 0.25) is 0 Å². The molecule has 0 amide bonds. The summed E-state index contributed by atoms with van der Waals surface area (Å²) in [7, 11) is 0. The zero-order valence-corrected chi connectivity index (χ0v) is 16.6. The van der Waals surface area contributed by atoms with Gasteiger partial charge in [-0.1, -0.05) is 0 Å². The van der Waals surface area contributed by atoms with Crippen molar-refractivity contribution in [3.05, 3.63) is 0 Å². The van der Waals surface area contributed by atoms with E-state index in [2.05, 4.69) is 0 Å². The lowest BCUT2D eigenvalue weighted by molar-refractivity contribution is -0.373. The molecule has 3 heterocycles. The molecular weight excluding hydrogens is 428 g/mol. The van der Waals surface area contributed by atoms with Gasteiger partial charge in [-0.2, -0.15) is 0 Å². The van der Waals surface area contributed by atoms with Crippen LogP contribution in [0.5, 0.6) is 0 Å². The van der Waals surface area contributed by atoms with Crippen LogP contribution in [-0.4, -0.2) is 145 Å². The number of rotatable bonds is 5. The standard InChI is InChI=1S/C17H30O14/c1-4-13(30-16-11(24)7(20)5(19)3-27-16)10(23)12(25)17(28-4)31-14-9(22)8(21)6(2-18)29-15(14)26/h4-26H,2-3H2,1H3/t4-,5-,6-,7+,8-,9+,10-,11-,12+,13-,14-,15-,16+,17-/m1/s1. The normalized spacial score (nSPS) is 54.0. The van der Waals surface area contributed by atoms with Crippen LogP contribution in [0, 0.1) is 0 Å². The van der Waals surface area contributed by atoms with Gasteiger partial charge >= 0.3 is 0 Å². The Hall–Kier alpha value is -0.560. The summed E-state index contributed by atoms with van der Waals surface area (Å²) < 4.78 is 26.4. The monoisotopic (exact) mass is 458 g/mol. The van der Waals surface area contributed by atoms with E-state index < -0.39 is 92.6 Å². The molecule has 3 rings (SSSR count). The van der Waals surface area contributed by atoms with Gasteiger partial charge in [0.25, 0.3) is 0 Å². The smallest absolute Gasteiger partial charge is 0.187 e. The average molecular weight is 458 g/mol. The summed E-state index contributed by atoms with van der Waals surface area (Å²) in [6.45, 7) is 0.446. The predicted molar refractivity (Wildman–Crippen MR) is 93.8 cm³/mol. The molecule has 3 saturated heterocycles. The first-order valence-corrected chi connectivity index (χ1v) is 9.85. The highest BCUT2D eigenvalue weighted by Crippen LogP contribution is 2.31. The summed E-state index contributed by atoms with van der Waals surface area (Å²) in [5.41, 5.74) is 0. The Kier molecular flexibility index (Phi) is 8.21. The first-order chi connectivity index (χ1) is 14.6. The van der Waals surface area contributed by atoms with Gasteiger partial charge in [-0.05, 0) is 6.92 Å². The molecule has 0 aromatic rings. The van der Waals surface area contributed by atoms with Gasteiger partial charge in [-0.25, -0.2) is 0 Å². The molecule has 14 nitrogen and oxygen atoms in total. The molecule has 0 aromatic carbocycles. The summed E-state index contributed by atoms with van der Waals surface area (Å²) in [5.74, 6) is 0. The van der Waals surface area contributed by atoms with Gasteiger partial charge in [0.2, 0.25) is 0 Å². The van der Waals surface area contributed by atoms with Crippen molar-refractivity contribution in [2.75, 3.05) is 13.2 Å². The van der Waals surface area contributed by atoms with Gasteiger partial charge in [-0.3, -0.25) is 0 Å². The highest BCUT2D eigenvalue weighted by atomic mass is 16.8. The van der Waals surface area contributed by atoms with Crippen molar-refractivity contribution in [3.8, 4) is 0 Å². The maximum absolute atomic E-state index is 10.5. The molecule has 0 unspecified atom stereocenters. The fourth-order valence-electron chi connectivity index (χ4n) is 3.73. The lowest BCUT2D eigenvalue weighted by Crippen LogP contribution is -2.65. The van der Waals surface area contributed by atoms with Gasteiger partial charge in [0.05, 0.1) is 19.3 Å². The summed E-state index contributed by atoms with van der Waals surface area (Å²) in [6, 6.07) is 0. The minimum atomic E-state index is -1.77. The number of hydrogen-bond donors (Lipinski definition) is 9. The van der Waals surface area contributed by atoms with Crippen molar-refractivity contribution in [2.45, 2.75) is 92.9 Å². The van der Waals surface area contributed by atoms with E-state index in [1.807, 2.05) is 0 Å². The van der Waals surface area contributed by atoms with Gasteiger partial charge in [0.15, 0.2) is 18.9 Å². The molecule has 0 bridgehead atoms. The number of ether oxygens (including phenoxy) is 5. The molecule has 0 aliphatic carbocycles. The number of hydrogen-bond acceptors (Lipinski definition) is 14. The van der Waals surface area contributed by atoms with Crippen LogP contribution in [0.1, 0.15) is 6.92 Å². The Morgan fingerprint density at radius 3 is 1.94 bits per heavy atom. The van der Waals surface area contributed by atoms with Crippen LogP contribution in [-0.2, 0) is 23.7 Å². The Bertz CT molecular complexity index is 581. The first-order valence-electron chi connectivity index (χ1n) is 9.85. The van der Waals surface area contributed by atoms with Crippen molar-refractivity contribution in [2.24, 2.45) is 0 Å². The fraction of sp³-hybridized carbons (Fsp3) is 1.00. The van der Waals surface area contributed by atoms with E-state index in [0.717, 1.165) is 0 Å². The average Bonchev–Trinajstić information content (AvgIpc) is 2.74.